The van der Waals surface area contributed by atoms with E-state index in [1.54, 1.807) is 11.8 Å². The van der Waals surface area contributed by atoms with Gasteiger partial charge in [0.1, 0.15) is 0 Å². The number of rotatable bonds is 6. The highest BCUT2D eigenvalue weighted by Crippen LogP contribution is 2.32. The molecule has 0 fully saturated rings. The van der Waals surface area contributed by atoms with Gasteiger partial charge in [0.2, 0.25) is 0 Å². The van der Waals surface area contributed by atoms with Gasteiger partial charge in [0.05, 0.1) is 16.7 Å². The van der Waals surface area contributed by atoms with Gasteiger partial charge >= 0.3 is 0 Å². The van der Waals surface area contributed by atoms with Gasteiger partial charge in [-0.3, -0.25) is 4.98 Å². The van der Waals surface area contributed by atoms with E-state index in [0.29, 0.717) is 0 Å². The second-order valence-corrected chi connectivity index (χ2v) is 8.41. The molecule has 3 nitrogen and oxygen atoms in total. The predicted molar refractivity (Wildman–Crippen MR) is 115 cm³/mol. The third-order valence-corrected chi connectivity index (χ3v) is 6.76. The molecule has 0 spiro atoms. The Morgan fingerprint density at radius 2 is 1.67 bits per heavy atom. The second-order valence-electron chi connectivity index (χ2n) is 6.46. The maximum absolute atomic E-state index is 4.69. The first kappa shape index (κ1) is 18.1. The van der Waals surface area contributed by atoms with Crippen LogP contribution >= 0.6 is 23.5 Å². The Morgan fingerprint density at radius 3 is 2.48 bits per heavy atom. The van der Waals surface area contributed by atoms with Crippen molar-refractivity contribution in [3.63, 3.8) is 0 Å². The van der Waals surface area contributed by atoms with Crippen LogP contribution in [0, 0.1) is 13.8 Å². The van der Waals surface area contributed by atoms with Crippen molar-refractivity contribution in [2.75, 3.05) is 0 Å². The van der Waals surface area contributed by atoms with Crippen LogP contribution in [0.5, 0.6) is 0 Å². The number of fused-ring (bicyclic) bond motifs is 1. The zero-order valence-corrected chi connectivity index (χ0v) is 17.0. The number of pyridine rings is 1. The number of H-pyrrole nitrogens is 1. The van der Waals surface area contributed by atoms with E-state index in [4.69, 9.17) is 0 Å². The largest absolute Gasteiger partial charge is 0.333 e. The summed E-state index contributed by atoms with van der Waals surface area (Å²) in [5, 5.41) is 0.941. The first-order valence-electron chi connectivity index (χ1n) is 8.90. The van der Waals surface area contributed by atoms with Crippen LogP contribution in [0.2, 0.25) is 0 Å². The lowest BCUT2D eigenvalue weighted by Crippen LogP contribution is -1.97. The Bertz CT molecular complexity index is 1020. The first-order chi connectivity index (χ1) is 13.2. The third kappa shape index (κ3) is 4.20. The normalized spacial score (nSPS) is 11.2. The van der Waals surface area contributed by atoms with Gasteiger partial charge in [0.25, 0.3) is 0 Å². The third-order valence-electron chi connectivity index (χ3n) is 4.48. The summed E-state index contributed by atoms with van der Waals surface area (Å²) >= 11 is 3.60. The van der Waals surface area contributed by atoms with Crippen LogP contribution in [-0.2, 0) is 11.5 Å². The molecule has 0 aliphatic heterocycles. The van der Waals surface area contributed by atoms with Gasteiger partial charge in [-0.05, 0) is 42.7 Å². The molecule has 136 valence electrons. The van der Waals surface area contributed by atoms with Gasteiger partial charge in [0.15, 0.2) is 5.16 Å². The van der Waals surface area contributed by atoms with Crippen LogP contribution in [0.4, 0.5) is 0 Å². The fraction of sp³-hybridized carbons (Fsp3) is 0.182. The molecular weight excluding hydrogens is 370 g/mol. The Balaban J connectivity index is 1.49. The lowest BCUT2D eigenvalue weighted by atomic mass is 10.2. The molecule has 5 heteroatoms. The number of hydrogen-bond acceptors (Lipinski definition) is 4. The van der Waals surface area contributed by atoms with E-state index < -0.39 is 0 Å². The molecule has 0 bridgehead atoms. The van der Waals surface area contributed by atoms with Gasteiger partial charge in [-0.15, -0.1) is 11.8 Å². The van der Waals surface area contributed by atoms with Crippen LogP contribution in [-0.4, -0.2) is 15.0 Å². The summed E-state index contributed by atoms with van der Waals surface area (Å²) in [6.07, 6.45) is 1.99. The number of nitrogens with zero attached hydrogens (tertiary/aromatic N) is 2. The minimum atomic E-state index is 0.810. The SMILES string of the molecule is Cc1cnc(CSc2nc3ccccc3[nH]2)c(C)c1SCc1ccccc1. The average molecular weight is 392 g/mol. The molecule has 0 atom stereocenters. The number of nitrogens with one attached hydrogen (secondary N) is 1. The van der Waals surface area contributed by atoms with Crippen molar-refractivity contribution < 1.29 is 0 Å². The molecule has 27 heavy (non-hydrogen) atoms. The van der Waals surface area contributed by atoms with Crippen molar-refractivity contribution in [1.29, 1.82) is 0 Å². The van der Waals surface area contributed by atoms with Crippen molar-refractivity contribution in [2.45, 2.75) is 35.4 Å². The van der Waals surface area contributed by atoms with Crippen LogP contribution in [0.25, 0.3) is 11.0 Å². The van der Waals surface area contributed by atoms with E-state index in [-0.39, 0.29) is 0 Å². The number of aromatic amines is 1. The van der Waals surface area contributed by atoms with Gasteiger partial charge in [0, 0.05) is 22.6 Å². The van der Waals surface area contributed by atoms with E-state index in [1.165, 1.54) is 21.6 Å². The summed E-state index contributed by atoms with van der Waals surface area (Å²) in [7, 11) is 0. The summed E-state index contributed by atoms with van der Waals surface area (Å²) < 4.78 is 0. The highest BCUT2D eigenvalue weighted by atomic mass is 32.2. The molecule has 0 saturated heterocycles. The molecule has 0 saturated carbocycles. The Labute approximate surface area is 168 Å². The number of imidazole rings is 1. The molecule has 1 N–H and O–H groups in total. The molecule has 0 amide bonds. The van der Waals surface area contributed by atoms with Gasteiger partial charge in [-0.2, -0.15) is 0 Å². The molecule has 0 radical (unpaired) electrons. The van der Waals surface area contributed by atoms with Crippen LogP contribution in [0.1, 0.15) is 22.4 Å². The number of aromatic nitrogens is 3. The molecule has 0 aliphatic rings. The Kier molecular flexibility index (Phi) is 5.50. The Morgan fingerprint density at radius 1 is 0.889 bits per heavy atom. The van der Waals surface area contributed by atoms with Crippen LogP contribution in [0.15, 0.2) is 70.8 Å². The first-order valence-corrected chi connectivity index (χ1v) is 10.9. The van der Waals surface area contributed by atoms with Crippen LogP contribution < -0.4 is 0 Å². The van der Waals surface area contributed by atoms with Gasteiger partial charge < -0.3 is 4.98 Å². The zero-order valence-electron chi connectivity index (χ0n) is 15.4. The number of thioether (sulfide) groups is 2. The minimum absolute atomic E-state index is 0.810. The highest BCUT2D eigenvalue weighted by Gasteiger charge is 2.11. The molecule has 4 aromatic rings. The summed E-state index contributed by atoms with van der Waals surface area (Å²) in [4.78, 5) is 14.1. The van der Waals surface area contributed by atoms with Crippen LogP contribution in [0.3, 0.4) is 0 Å². The van der Waals surface area contributed by atoms with Crippen molar-refractivity contribution in [3.05, 3.63) is 83.2 Å². The molecule has 4 rings (SSSR count). The molecule has 2 aromatic heterocycles. The summed E-state index contributed by atoms with van der Waals surface area (Å²) in [5.74, 6) is 1.79. The van der Waals surface area contributed by atoms with Crippen molar-refractivity contribution in [1.82, 2.24) is 15.0 Å². The number of aryl methyl sites for hydroxylation is 1. The molecule has 0 unspecified atom stereocenters. The lowest BCUT2D eigenvalue weighted by molar-refractivity contribution is 1.03. The zero-order chi connectivity index (χ0) is 18.6. The standard InChI is InChI=1S/C22H21N3S2/c1-15-12-23-20(14-27-22-24-18-10-6-7-11-19(18)25-22)16(2)21(15)26-13-17-8-4-3-5-9-17/h3-12H,13-14H2,1-2H3,(H,24,25). The van der Waals surface area contributed by atoms with E-state index in [0.717, 1.165) is 33.4 Å². The fourth-order valence-electron chi connectivity index (χ4n) is 2.99. The summed E-state index contributed by atoms with van der Waals surface area (Å²) in [6.45, 7) is 4.32. The summed E-state index contributed by atoms with van der Waals surface area (Å²) in [5.41, 5.74) is 7.07. The number of para-hydroxylation sites is 2. The van der Waals surface area contributed by atoms with E-state index in [9.17, 15) is 0 Å². The molecule has 2 aromatic carbocycles. The quantitative estimate of drug-likeness (QED) is 0.400. The Hall–Kier alpha value is -2.24. The monoisotopic (exact) mass is 391 g/mol. The summed E-state index contributed by atoms with van der Waals surface area (Å²) in [6, 6.07) is 18.7. The van der Waals surface area contributed by atoms with E-state index >= 15 is 0 Å². The average Bonchev–Trinajstić information content (AvgIpc) is 3.11. The molecular formula is C22H21N3S2. The second kappa shape index (κ2) is 8.19. The van der Waals surface area contributed by atoms with Gasteiger partial charge in [-0.25, -0.2) is 4.98 Å². The minimum Gasteiger partial charge on any atom is -0.333 e. The number of hydrogen-bond donors (Lipinski definition) is 1. The maximum atomic E-state index is 4.69. The highest BCUT2D eigenvalue weighted by molar-refractivity contribution is 7.98. The smallest absolute Gasteiger partial charge is 0.166 e. The predicted octanol–water partition coefficient (Wildman–Crippen LogP) is 6.16. The van der Waals surface area contributed by atoms with E-state index in [2.05, 4.69) is 65.2 Å². The molecule has 0 aliphatic carbocycles. The number of benzene rings is 2. The van der Waals surface area contributed by atoms with E-state index in [1.807, 2.05) is 36.2 Å². The maximum Gasteiger partial charge on any atom is 0.166 e. The molecule has 2 heterocycles. The topological polar surface area (TPSA) is 41.6 Å². The van der Waals surface area contributed by atoms with Crippen molar-refractivity contribution in [2.24, 2.45) is 0 Å². The van der Waals surface area contributed by atoms with Crippen molar-refractivity contribution >= 4 is 34.6 Å². The van der Waals surface area contributed by atoms with Gasteiger partial charge in [-0.1, -0.05) is 54.2 Å². The van der Waals surface area contributed by atoms with Crippen molar-refractivity contribution in [3.8, 4) is 0 Å². The lowest BCUT2D eigenvalue weighted by Gasteiger charge is -2.13. The fourth-order valence-corrected chi connectivity index (χ4v) is 5.02.